The fourth-order valence-electron chi connectivity index (χ4n) is 3.58. The molecule has 9 nitrogen and oxygen atoms in total. The second-order valence-corrected chi connectivity index (χ2v) is 11.0. The van der Waals surface area contributed by atoms with Crippen LogP contribution in [0.25, 0.3) is 10.2 Å². The zero-order chi connectivity index (χ0) is 24.5. The molecule has 0 bridgehead atoms. The number of hydrogen-bond donors (Lipinski definition) is 1. The Morgan fingerprint density at radius 3 is 2.41 bits per heavy atom. The molecule has 0 radical (unpaired) electrons. The van der Waals surface area contributed by atoms with Gasteiger partial charge in [-0.2, -0.15) is 4.31 Å². The largest absolute Gasteiger partial charge is 0.450 e. The normalized spacial score (nSPS) is 14.9. The molecule has 1 fully saturated rings. The maximum Gasteiger partial charge on any atom is 0.409 e. The first-order valence-electron chi connectivity index (χ1n) is 10.6. The first kappa shape index (κ1) is 24.4. The van der Waals surface area contributed by atoms with E-state index in [1.807, 2.05) is 13.0 Å². The molecule has 0 unspecified atom stereocenters. The number of piperazine rings is 1. The summed E-state index contributed by atoms with van der Waals surface area (Å²) in [5.74, 6) is -0.403. The Morgan fingerprint density at radius 2 is 1.79 bits per heavy atom. The van der Waals surface area contributed by atoms with Crippen molar-refractivity contribution in [2.24, 2.45) is 0 Å². The van der Waals surface area contributed by atoms with Crippen molar-refractivity contribution < 1.29 is 22.7 Å². The van der Waals surface area contributed by atoms with Crippen LogP contribution in [0.3, 0.4) is 0 Å². The molecule has 2 heterocycles. The number of amides is 2. The van der Waals surface area contributed by atoms with Gasteiger partial charge in [-0.1, -0.05) is 29.0 Å². The van der Waals surface area contributed by atoms with E-state index in [2.05, 4.69) is 10.3 Å². The minimum absolute atomic E-state index is 0.0797. The number of benzene rings is 2. The van der Waals surface area contributed by atoms with Gasteiger partial charge in [0.15, 0.2) is 5.13 Å². The van der Waals surface area contributed by atoms with Crippen LogP contribution in [0.5, 0.6) is 0 Å². The van der Waals surface area contributed by atoms with Crippen LogP contribution < -0.4 is 5.32 Å². The topological polar surface area (TPSA) is 109 Å². The van der Waals surface area contributed by atoms with Crippen molar-refractivity contribution in [2.45, 2.75) is 18.7 Å². The van der Waals surface area contributed by atoms with E-state index in [1.54, 1.807) is 13.0 Å². The molecule has 12 heteroatoms. The summed E-state index contributed by atoms with van der Waals surface area (Å²) < 4.78 is 33.1. The molecule has 4 rings (SSSR count). The summed E-state index contributed by atoms with van der Waals surface area (Å²) in [5.41, 5.74) is 1.99. The second-order valence-electron chi connectivity index (χ2n) is 7.63. The van der Waals surface area contributed by atoms with Crippen molar-refractivity contribution in [1.29, 1.82) is 0 Å². The van der Waals surface area contributed by atoms with Gasteiger partial charge in [-0.15, -0.1) is 0 Å². The molecule has 34 heavy (non-hydrogen) atoms. The fraction of sp³-hybridized carbons (Fsp3) is 0.318. The van der Waals surface area contributed by atoms with Gasteiger partial charge in [0.2, 0.25) is 10.0 Å². The molecule has 1 aliphatic rings. The number of fused-ring (bicyclic) bond motifs is 1. The highest BCUT2D eigenvalue weighted by Crippen LogP contribution is 2.34. The standard InChI is InChI=1S/C22H23ClN4O5S2/c1-3-32-22(29)26-10-12-27(13-11-26)34(30,31)16-7-5-15(6-8-16)20(28)25-21-24-18-14(2)4-9-17(23)19(18)33-21/h4-9H,3,10-13H2,1-2H3,(H,24,25,28). The first-order valence-corrected chi connectivity index (χ1v) is 13.2. The molecular weight excluding hydrogens is 500 g/mol. The molecule has 1 aliphatic heterocycles. The lowest BCUT2D eigenvalue weighted by Gasteiger charge is -2.33. The second kappa shape index (κ2) is 9.87. The number of carbonyl (C=O) groups is 2. The minimum Gasteiger partial charge on any atom is -0.450 e. The number of anilines is 1. The van der Waals surface area contributed by atoms with Crippen LogP contribution in [0.15, 0.2) is 41.3 Å². The van der Waals surface area contributed by atoms with E-state index in [-0.39, 0.29) is 37.7 Å². The number of aromatic nitrogens is 1. The van der Waals surface area contributed by atoms with Gasteiger partial charge in [0.1, 0.15) is 0 Å². The quantitative estimate of drug-likeness (QED) is 0.543. The Balaban J connectivity index is 1.43. The summed E-state index contributed by atoms with van der Waals surface area (Å²) in [6.45, 7) is 4.75. The maximum atomic E-state index is 13.0. The highest BCUT2D eigenvalue weighted by molar-refractivity contribution is 7.89. The van der Waals surface area contributed by atoms with Crippen molar-refractivity contribution in [3.63, 3.8) is 0 Å². The molecule has 0 saturated carbocycles. The lowest BCUT2D eigenvalue weighted by atomic mass is 10.2. The number of ether oxygens (including phenoxy) is 1. The van der Waals surface area contributed by atoms with E-state index in [0.717, 1.165) is 15.8 Å². The van der Waals surface area contributed by atoms with Crippen LogP contribution in [0.4, 0.5) is 9.93 Å². The predicted molar refractivity (Wildman–Crippen MR) is 131 cm³/mol. The van der Waals surface area contributed by atoms with Crippen LogP contribution >= 0.6 is 22.9 Å². The lowest BCUT2D eigenvalue weighted by Crippen LogP contribution is -2.50. The van der Waals surface area contributed by atoms with E-state index < -0.39 is 22.0 Å². The SMILES string of the molecule is CCOC(=O)N1CCN(S(=O)(=O)c2ccc(C(=O)Nc3nc4c(C)ccc(Cl)c4s3)cc2)CC1. The zero-order valence-corrected chi connectivity index (χ0v) is 21.0. The summed E-state index contributed by atoms with van der Waals surface area (Å²) in [6, 6.07) is 9.39. The molecule has 180 valence electrons. The number of nitrogens with one attached hydrogen (secondary N) is 1. The van der Waals surface area contributed by atoms with E-state index in [4.69, 9.17) is 16.3 Å². The number of sulfonamides is 1. The fourth-order valence-corrected chi connectivity index (χ4v) is 6.21. The van der Waals surface area contributed by atoms with Crippen LogP contribution in [0.1, 0.15) is 22.8 Å². The molecule has 1 N–H and O–H groups in total. The summed E-state index contributed by atoms with van der Waals surface area (Å²) >= 11 is 7.51. The third kappa shape index (κ3) is 4.88. The lowest BCUT2D eigenvalue weighted by molar-refractivity contribution is 0.0933. The van der Waals surface area contributed by atoms with Gasteiger partial charge >= 0.3 is 6.09 Å². The molecule has 2 aromatic carbocycles. The van der Waals surface area contributed by atoms with Crippen molar-refractivity contribution in [2.75, 3.05) is 38.1 Å². The summed E-state index contributed by atoms with van der Waals surface area (Å²) in [7, 11) is -3.75. The van der Waals surface area contributed by atoms with Crippen LogP contribution in [-0.4, -0.2) is 67.4 Å². The number of carbonyl (C=O) groups excluding carboxylic acids is 2. The highest BCUT2D eigenvalue weighted by atomic mass is 35.5. The molecule has 1 aromatic heterocycles. The Hall–Kier alpha value is -2.73. The molecule has 3 aromatic rings. The van der Waals surface area contributed by atoms with Gasteiger partial charge in [0.25, 0.3) is 5.91 Å². The minimum atomic E-state index is -3.75. The summed E-state index contributed by atoms with van der Waals surface area (Å²) in [4.78, 5) is 30.5. The van der Waals surface area contributed by atoms with Crippen LogP contribution in [-0.2, 0) is 14.8 Å². The average molecular weight is 523 g/mol. The molecule has 1 saturated heterocycles. The van der Waals surface area contributed by atoms with Crippen LogP contribution in [0, 0.1) is 6.92 Å². The number of halogens is 1. The zero-order valence-electron chi connectivity index (χ0n) is 18.6. The Kier molecular flexibility index (Phi) is 7.08. The van der Waals surface area contributed by atoms with E-state index in [1.165, 1.54) is 44.8 Å². The van der Waals surface area contributed by atoms with Gasteiger partial charge in [-0.05, 0) is 49.7 Å². The van der Waals surface area contributed by atoms with Gasteiger partial charge < -0.3 is 9.64 Å². The van der Waals surface area contributed by atoms with E-state index in [0.29, 0.717) is 15.7 Å². The Labute approximate surface area is 206 Å². The average Bonchev–Trinajstić information content (AvgIpc) is 3.27. The number of rotatable bonds is 5. The van der Waals surface area contributed by atoms with Crippen LogP contribution in [0.2, 0.25) is 5.02 Å². The Bertz CT molecular complexity index is 1290. The van der Waals surface area contributed by atoms with Crippen molar-refractivity contribution in [1.82, 2.24) is 14.2 Å². The van der Waals surface area contributed by atoms with Gasteiger partial charge in [-0.3, -0.25) is 10.1 Å². The van der Waals surface area contributed by atoms with Gasteiger partial charge in [0, 0.05) is 31.7 Å². The Morgan fingerprint density at radius 1 is 1.12 bits per heavy atom. The molecular formula is C22H23ClN4O5S2. The summed E-state index contributed by atoms with van der Waals surface area (Å²) in [6.07, 6.45) is -0.444. The molecule has 0 atom stereocenters. The monoisotopic (exact) mass is 522 g/mol. The van der Waals surface area contributed by atoms with Gasteiger partial charge in [0.05, 0.1) is 26.7 Å². The third-order valence-corrected chi connectivity index (χ3v) is 8.78. The summed E-state index contributed by atoms with van der Waals surface area (Å²) in [5, 5.41) is 3.73. The van der Waals surface area contributed by atoms with Crippen molar-refractivity contribution >= 4 is 60.3 Å². The van der Waals surface area contributed by atoms with Crippen molar-refractivity contribution in [3.05, 3.63) is 52.5 Å². The highest BCUT2D eigenvalue weighted by Gasteiger charge is 2.30. The molecule has 2 amide bonds. The first-order chi connectivity index (χ1) is 16.2. The predicted octanol–water partition coefficient (Wildman–Crippen LogP) is 3.97. The number of hydrogen-bond acceptors (Lipinski definition) is 7. The van der Waals surface area contributed by atoms with E-state index in [9.17, 15) is 18.0 Å². The van der Waals surface area contributed by atoms with Crippen molar-refractivity contribution in [3.8, 4) is 0 Å². The van der Waals surface area contributed by atoms with E-state index >= 15 is 0 Å². The molecule has 0 aliphatic carbocycles. The number of thiazole rings is 1. The number of nitrogens with zero attached hydrogens (tertiary/aromatic N) is 3. The smallest absolute Gasteiger partial charge is 0.409 e. The number of aryl methyl sites for hydroxylation is 1. The maximum absolute atomic E-state index is 13.0. The third-order valence-electron chi connectivity index (χ3n) is 5.44. The van der Waals surface area contributed by atoms with Gasteiger partial charge in [-0.25, -0.2) is 18.2 Å². The molecule has 0 spiro atoms.